The average molecular weight is 325 g/mol. The molecule has 22 heavy (non-hydrogen) atoms. The highest BCUT2D eigenvalue weighted by molar-refractivity contribution is 7.15. The van der Waals surface area contributed by atoms with E-state index in [0.29, 0.717) is 10.1 Å². The Morgan fingerprint density at radius 1 is 1.27 bits per heavy atom. The zero-order chi connectivity index (χ0) is 15.9. The summed E-state index contributed by atoms with van der Waals surface area (Å²) in [6.45, 7) is 2.21. The van der Waals surface area contributed by atoms with Gasteiger partial charge in [-0.2, -0.15) is 0 Å². The van der Waals surface area contributed by atoms with E-state index in [-0.39, 0.29) is 18.2 Å². The SMILES string of the molecule is CCCCC1CCC(C(=O)Nc2nnc(CC(=O)O)s2)CC1. The van der Waals surface area contributed by atoms with Gasteiger partial charge in [0.15, 0.2) is 0 Å². The van der Waals surface area contributed by atoms with Gasteiger partial charge in [0.05, 0.1) is 6.42 Å². The molecule has 1 aromatic heterocycles. The van der Waals surface area contributed by atoms with Crippen molar-refractivity contribution in [3.05, 3.63) is 5.01 Å². The number of anilines is 1. The standard InChI is InChI=1S/C15H23N3O3S/c1-2-3-4-10-5-7-11(8-6-10)14(21)16-15-18-17-12(22-15)9-13(19)20/h10-11H,2-9H2,1H3,(H,19,20)(H,16,18,21). The molecule has 0 atom stereocenters. The van der Waals surface area contributed by atoms with E-state index in [1.165, 1.54) is 19.3 Å². The van der Waals surface area contributed by atoms with Crippen LogP contribution in [0.5, 0.6) is 0 Å². The van der Waals surface area contributed by atoms with Gasteiger partial charge in [0.25, 0.3) is 0 Å². The lowest BCUT2D eigenvalue weighted by molar-refractivity contribution is -0.136. The maximum atomic E-state index is 12.2. The van der Waals surface area contributed by atoms with Crippen LogP contribution in [-0.2, 0) is 16.0 Å². The minimum Gasteiger partial charge on any atom is -0.481 e. The van der Waals surface area contributed by atoms with E-state index in [0.717, 1.165) is 42.9 Å². The van der Waals surface area contributed by atoms with Gasteiger partial charge in [0.1, 0.15) is 5.01 Å². The molecule has 1 aromatic rings. The average Bonchev–Trinajstić information content (AvgIpc) is 2.91. The minimum atomic E-state index is -0.945. The fraction of sp³-hybridized carbons (Fsp3) is 0.733. The number of rotatable bonds is 7. The molecule has 1 aliphatic rings. The molecule has 1 aliphatic carbocycles. The number of carbonyl (C=O) groups excluding carboxylic acids is 1. The zero-order valence-corrected chi connectivity index (χ0v) is 13.7. The van der Waals surface area contributed by atoms with Gasteiger partial charge in [-0.1, -0.05) is 37.5 Å². The molecule has 0 unspecified atom stereocenters. The lowest BCUT2D eigenvalue weighted by Gasteiger charge is -2.27. The van der Waals surface area contributed by atoms with E-state index < -0.39 is 5.97 Å². The molecular formula is C15H23N3O3S. The van der Waals surface area contributed by atoms with Gasteiger partial charge in [0, 0.05) is 5.92 Å². The smallest absolute Gasteiger partial charge is 0.310 e. The number of carboxylic acids is 1. The van der Waals surface area contributed by atoms with Crippen LogP contribution in [0.2, 0.25) is 0 Å². The summed E-state index contributed by atoms with van der Waals surface area (Å²) in [6.07, 6.45) is 7.74. The van der Waals surface area contributed by atoms with Gasteiger partial charge in [0.2, 0.25) is 11.0 Å². The van der Waals surface area contributed by atoms with Crippen LogP contribution in [-0.4, -0.2) is 27.2 Å². The lowest BCUT2D eigenvalue weighted by Crippen LogP contribution is -2.27. The molecule has 0 aliphatic heterocycles. The topological polar surface area (TPSA) is 92.2 Å². The second kappa shape index (κ2) is 8.22. The van der Waals surface area contributed by atoms with Crippen LogP contribution in [0, 0.1) is 11.8 Å². The van der Waals surface area contributed by atoms with E-state index in [1.54, 1.807) is 0 Å². The normalized spacial score (nSPS) is 21.5. The molecule has 1 saturated carbocycles. The van der Waals surface area contributed by atoms with Crippen molar-refractivity contribution in [2.24, 2.45) is 11.8 Å². The molecule has 1 fully saturated rings. The van der Waals surface area contributed by atoms with E-state index in [4.69, 9.17) is 5.11 Å². The number of unbranched alkanes of at least 4 members (excludes halogenated alkanes) is 1. The highest BCUT2D eigenvalue weighted by Crippen LogP contribution is 2.32. The first-order chi connectivity index (χ1) is 10.6. The Balaban J connectivity index is 1.78. The summed E-state index contributed by atoms with van der Waals surface area (Å²) in [5.41, 5.74) is 0. The summed E-state index contributed by atoms with van der Waals surface area (Å²) in [5, 5.41) is 19.9. The van der Waals surface area contributed by atoms with Crippen molar-refractivity contribution in [1.82, 2.24) is 10.2 Å². The predicted molar refractivity (Wildman–Crippen MR) is 84.9 cm³/mol. The van der Waals surface area contributed by atoms with Gasteiger partial charge >= 0.3 is 5.97 Å². The maximum absolute atomic E-state index is 12.2. The molecule has 1 amide bonds. The van der Waals surface area contributed by atoms with Crippen LogP contribution in [0.25, 0.3) is 0 Å². The Labute approximate surface area is 134 Å². The van der Waals surface area contributed by atoms with Gasteiger partial charge in [-0.05, 0) is 31.6 Å². The Morgan fingerprint density at radius 2 is 2.00 bits per heavy atom. The molecule has 1 heterocycles. The third-order valence-electron chi connectivity index (χ3n) is 4.18. The number of aromatic nitrogens is 2. The Hall–Kier alpha value is -1.50. The van der Waals surface area contributed by atoms with E-state index >= 15 is 0 Å². The number of nitrogens with zero attached hydrogens (tertiary/aromatic N) is 2. The van der Waals surface area contributed by atoms with Crippen molar-refractivity contribution in [3.8, 4) is 0 Å². The molecule has 2 rings (SSSR count). The van der Waals surface area contributed by atoms with Gasteiger partial charge in [-0.3, -0.25) is 9.59 Å². The molecule has 0 spiro atoms. The molecule has 0 aromatic carbocycles. The third kappa shape index (κ3) is 5.05. The van der Waals surface area contributed by atoms with E-state index in [1.807, 2.05) is 0 Å². The maximum Gasteiger partial charge on any atom is 0.310 e. The van der Waals surface area contributed by atoms with Crippen molar-refractivity contribution >= 4 is 28.3 Å². The number of amides is 1. The number of carboxylic acid groups (broad SMARTS) is 1. The molecule has 0 radical (unpaired) electrons. The largest absolute Gasteiger partial charge is 0.481 e. The van der Waals surface area contributed by atoms with Crippen LogP contribution >= 0.6 is 11.3 Å². The number of hydrogen-bond donors (Lipinski definition) is 2. The van der Waals surface area contributed by atoms with Crippen molar-refractivity contribution in [2.45, 2.75) is 58.3 Å². The second-order valence-electron chi connectivity index (χ2n) is 5.92. The number of aliphatic carboxylic acids is 1. The molecular weight excluding hydrogens is 302 g/mol. The molecule has 122 valence electrons. The Morgan fingerprint density at radius 3 is 2.64 bits per heavy atom. The number of nitrogens with one attached hydrogen (secondary N) is 1. The van der Waals surface area contributed by atoms with Crippen molar-refractivity contribution in [2.75, 3.05) is 5.32 Å². The third-order valence-corrected chi connectivity index (χ3v) is 5.02. The zero-order valence-electron chi connectivity index (χ0n) is 12.9. The molecule has 2 N–H and O–H groups in total. The first kappa shape index (κ1) is 16.9. The Kier molecular flexibility index (Phi) is 6.30. The van der Waals surface area contributed by atoms with Crippen LogP contribution in [0.1, 0.15) is 56.9 Å². The van der Waals surface area contributed by atoms with Gasteiger partial charge in [-0.25, -0.2) is 0 Å². The quantitative estimate of drug-likeness (QED) is 0.803. The monoisotopic (exact) mass is 325 g/mol. The molecule has 7 heteroatoms. The highest BCUT2D eigenvalue weighted by atomic mass is 32.1. The van der Waals surface area contributed by atoms with Crippen molar-refractivity contribution in [3.63, 3.8) is 0 Å². The van der Waals surface area contributed by atoms with Crippen LogP contribution in [0.15, 0.2) is 0 Å². The fourth-order valence-corrected chi connectivity index (χ4v) is 3.65. The molecule has 0 saturated heterocycles. The van der Waals surface area contributed by atoms with E-state index in [2.05, 4.69) is 22.4 Å². The predicted octanol–water partition coefficient (Wildman–Crippen LogP) is 3.10. The summed E-state index contributed by atoms with van der Waals surface area (Å²) in [7, 11) is 0. The second-order valence-corrected chi connectivity index (χ2v) is 6.98. The van der Waals surface area contributed by atoms with E-state index in [9.17, 15) is 9.59 Å². The van der Waals surface area contributed by atoms with Crippen LogP contribution in [0.3, 0.4) is 0 Å². The first-order valence-corrected chi connectivity index (χ1v) is 8.75. The molecule has 0 bridgehead atoms. The van der Waals surface area contributed by atoms with Crippen molar-refractivity contribution in [1.29, 1.82) is 0 Å². The summed E-state index contributed by atoms with van der Waals surface area (Å²) in [5.74, 6) is -0.135. The summed E-state index contributed by atoms with van der Waals surface area (Å²) >= 11 is 1.13. The van der Waals surface area contributed by atoms with Gasteiger partial charge in [-0.15, -0.1) is 10.2 Å². The van der Waals surface area contributed by atoms with Crippen LogP contribution < -0.4 is 5.32 Å². The molecule has 6 nitrogen and oxygen atoms in total. The first-order valence-electron chi connectivity index (χ1n) is 7.93. The van der Waals surface area contributed by atoms with Crippen molar-refractivity contribution < 1.29 is 14.7 Å². The summed E-state index contributed by atoms with van der Waals surface area (Å²) in [4.78, 5) is 22.8. The number of carbonyl (C=O) groups is 2. The summed E-state index contributed by atoms with van der Waals surface area (Å²) < 4.78 is 0. The lowest BCUT2D eigenvalue weighted by atomic mass is 9.79. The van der Waals surface area contributed by atoms with Gasteiger partial charge < -0.3 is 10.4 Å². The number of hydrogen-bond acceptors (Lipinski definition) is 5. The van der Waals surface area contributed by atoms with Crippen LogP contribution in [0.4, 0.5) is 5.13 Å². The highest BCUT2D eigenvalue weighted by Gasteiger charge is 2.26. The minimum absolute atomic E-state index is 0.00744. The summed E-state index contributed by atoms with van der Waals surface area (Å²) in [6, 6.07) is 0. The Bertz CT molecular complexity index is 510. The fourth-order valence-electron chi connectivity index (χ4n) is 2.92.